The van der Waals surface area contributed by atoms with Crippen LogP contribution in [0.3, 0.4) is 0 Å². The molecule has 0 aliphatic rings. The molecule has 0 aromatic heterocycles. The van der Waals surface area contributed by atoms with Crippen LogP contribution >= 0.6 is 0 Å². The van der Waals surface area contributed by atoms with Gasteiger partial charge in [0.05, 0.1) is 0 Å². The van der Waals surface area contributed by atoms with Crippen molar-refractivity contribution in [3.8, 4) is 29.1 Å². The van der Waals surface area contributed by atoms with Gasteiger partial charge in [-0.1, -0.05) is 48.2 Å². The number of hydrogen-bond donors (Lipinski definition) is 0. The summed E-state index contributed by atoms with van der Waals surface area (Å²) in [5, 5.41) is 0. The zero-order valence-electron chi connectivity index (χ0n) is 15.0. The number of benzene rings is 3. The lowest BCUT2D eigenvalue weighted by Crippen LogP contribution is -2.36. The lowest BCUT2D eigenvalue weighted by molar-refractivity contribution is 0.240. The number of hydrogen-bond acceptors (Lipinski definition) is 4. The Kier molecular flexibility index (Phi) is 6.80. The Morgan fingerprint density at radius 3 is 1.63 bits per heavy atom. The highest BCUT2D eigenvalue weighted by Gasteiger charge is 2.30. The third-order valence-corrected chi connectivity index (χ3v) is 3.49. The average molecular weight is 358 g/mol. The highest BCUT2D eigenvalue weighted by atomic mass is 16.7. The van der Waals surface area contributed by atoms with Gasteiger partial charge in [-0.25, -0.2) is 0 Å². The Bertz CT molecular complexity index is 829. The molecule has 3 aromatic carbocycles. The molecule has 0 heterocycles. The Morgan fingerprint density at radius 1 is 0.667 bits per heavy atom. The first kappa shape index (κ1) is 18.4. The van der Waals surface area contributed by atoms with Gasteiger partial charge in [-0.2, -0.15) is 0 Å². The molecule has 0 aliphatic heterocycles. The molecule has 3 rings (SSSR count). The van der Waals surface area contributed by atoms with Gasteiger partial charge in [0.1, 0.15) is 23.9 Å². The van der Waals surface area contributed by atoms with Gasteiger partial charge in [0, 0.05) is 12.7 Å². The molecule has 0 unspecified atom stereocenters. The molecular formula is C22H19BO4. The summed E-state index contributed by atoms with van der Waals surface area (Å²) in [7, 11) is 0.686. The predicted molar refractivity (Wildman–Crippen MR) is 106 cm³/mol. The summed E-state index contributed by atoms with van der Waals surface area (Å²) in [6.45, 7) is 0.399. The SMILES string of the molecule is COCC#Cc1ccc(OB(Oc2ccccc2)Oc2ccccc2)cc1. The summed E-state index contributed by atoms with van der Waals surface area (Å²) in [6.07, 6.45) is 0. The zero-order valence-corrected chi connectivity index (χ0v) is 15.0. The molecule has 0 bridgehead atoms. The molecule has 5 heteroatoms. The summed E-state index contributed by atoms with van der Waals surface area (Å²) < 4.78 is 22.5. The van der Waals surface area contributed by atoms with E-state index >= 15 is 0 Å². The van der Waals surface area contributed by atoms with Crippen LogP contribution in [0.5, 0.6) is 17.2 Å². The lowest BCUT2D eigenvalue weighted by Gasteiger charge is -2.16. The standard InChI is InChI=1S/C22H19BO4/c1-24-18-8-9-19-14-16-22(17-15-19)27-23(25-20-10-4-2-5-11-20)26-21-12-6-3-7-13-21/h2-7,10-17H,18H2,1H3. The number of para-hydroxylation sites is 2. The molecule has 0 radical (unpaired) electrons. The van der Waals surface area contributed by atoms with E-state index in [4.69, 9.17) is 18.7 Å². The van der Waals surface area contributed by atoms with E-state index in [-0.39, 0.29) is 0 Å². The Hall–Kier alpha value is -3.36. The predicted octanol–water partition coefficient (Wildman–Crippen LogP) is 4.21. The highest BCUT2D eigenvalue weighted by molar-refractivity contribution is 6.39. The largest absolute Gasteiger partial charge is 0.864 e. The fraction of sp³-hybridized carbons (Fsp3) is 0.0909. The normalized spacial score (nSPS) is 9.67. The minimum Gasteiger partial charge on any atom is -0.490 e. The van der Waals surface area contributed by atoms with Crippen molar-refractivity contribution < 1.29 is 18.7 Å². The van der Waals surface area contributed by atoms with E-state index < -0.39 is 7.32 Å². The van der Waals surface area contributed by atoms with Crippen LogP contribution in [-0.4, -0.2) is 21.0 Å². The summed E-state index contributed by atoms with van der Waals surface area (Å²) in [6, 6.07) is 26.2. The number of ether oxygens (including phenoxy) is 1. The fourth-order valence-electron chi connectivity index (χ4n) is 2.23. The molecule has 0 amide bonds. The van der Waals surface area contributed by atoms with Crippen LogP contribution in [0.2, 0.25) is 0 Å². The van der Waals surface area contributed by atoms with Crippen molar-refractivity contribution in [2.45, 2.75) is 0 Å². The maximum Gasteiger partial charge on any atom is 0.864 e. The van der Waals surface area contributed by atoms with Gasteiger partial charge >= 0.3 is 7.32 Å². The van der Waals surface area contributed by atoms with Gasteiger partial charge in [0.15, 0.2) is 0 Å². The van der Waals surface area contributed by atoms with E-state index in [1.54, 1.807) is 7.11 Å². The summed E-state index contributed by atoms with van der Waals surface area (Å²) in [5.74, 6) is 7.85. The summed E-state index contributed by atoms with van der Waals surface area (Å²) in [5.41, 5.74) is 0.879. The molecule has 27 heavy (non-hydrogen) atoms. The molecule has 3 aromatic rings. The van der Waals surface area contributed by atoms with Gasteiger partial charge in [-0.05, 0) is 48.5 Å². The van der Waals surface area contributed by atoms with Crippen LogP contribution < -0.4 is 14.0 Å². The molecule has 134 valence electrons. The fourth-order valence-corrected chi connectivity index (χ4v) is 2.23. The Labute approximate surface area is 159 Å². The first-order chi connectivity index (χ1) is 13.3. The van der Waals surface area contributed by atoms with Gasteiger partial charge in [0.25, 0.3) is 0 Å². The van der Waals surface area contributed by atoms with E-state index in [2.05, 4.69) is 11.8 Å². The molecule has 0 spiro atoms. The molecule has 0 fully saturated rings. The van der Waals surface area contributed by atoms with Crippen LogP contribution in [0.15, 0.2) is 84.9 Å². The molecule has 0 atom stereocenters. The molecule has 0 aliphatic carbocycles. The first-order valence-electron chi connectivity index (χ1n) is 8.51. The van der Waals surface area contributed by atoms with Gasteiger partial charge in [0.2, 0.25) is 0 Å². The first-order valence-corrected chi connectivity index (χ1v) is 8.51. The molecule has 4 nitrogen and oxygen atoms in total. The zero-order chi connectivity index (χ0) is 18.7. The van der Waals surface area contributed by atoms with Crippen molar-refractivity contribution in [3.63, 3.8) is 0 Å². The van der Waals surface area contributed by atoms with Crippen LogP contribution in [-0.2, 0) is 4.74 Å². The molecular weight excluding hydrogens is 339 g/mol. The average Bonchev–Trinajstić information content (AvgIpc) is 2.71. The van der Waals surface area contributed by atoms with E-state index in [1.807, 2.05) is 84.9 Å². The monoisotopic (exact) mass is 358 g/mol. The van der Waals surface area contributed by atoms with Crippen molar-refractivity contribution in [2.24, 2.45) is 0 Å². The van der Waals surface area contributed by atoms with Crippen molar-refractivity contribution >= 4 is 7.32 Å². The second-order valence-electron chi connectivity index (χ2n) is 5.53. The highest BCUT2D eigenvalue weighted by Crippen LogP contribution is 2.18. The van der Waals surface area contributed by atoms with Crippen molar-refractivity contribution in [1.29, 1.82) is 0 Å². The van der Waals surface area contributed by atoms with Crippen LogP contribution in [0.4, 0.5) is 0 Å². The van der Waals surface area contributed by atoms with Gasteiger partial charge in [-0.3, -0.25) is 0 Å². The van der Waals surface area contributed by atoms with Crippen LogP contribution in [0, 0.1) is 11.8 Å². The second kappa shape index (κ2) is 9.96. The molecule has 0 saturated heterocycles. The quantitative estimate of drug-likeness (QED) is 0.468. The Balaban J connectivity index is 1.71. The van der Waals surface area contributed by atoms with Crippen LogP contribution in [0.1, 0.15) is 5.56 Å². The van der Waals surface area contributed by atoms with E-state index in [0.717, 1.165) is 5.56 Å². The minimum atomic E-state index is -0.930. The third kappa shape index (κ3) is 6.14. The van der Waals surface area contributed by atoms with Gasteiger partial charge < -0.3 is 18.7 Å². The smallest absolute Gasteiger partial charge is 0.490 e. The number of rotatable bonds is 7. The van der Waals surface area contributed by atoms with Crippen molar-refractivity contribution in [2.75, 3.05) is 13.7 Å². The summed E-state index contributed by atoms with van der Waals surface area (Å²) in [4.78, 5) is 0. The maximum absolute atomic E-state index is 5.89. The van der Waals surface area contributed by atoms with Crippen molar-refractivity contribution in [3.05, 3.63) is 90.5 Å². The maximum atomic E-state index is 5.89. The second-order valence-corrected chi connectivity index (χ2v) is 5.53. The topological polar surface area (TPSA) is 36.9 Å². The summed E-state index contributed by atoms with van der Waals surface area (Å²) >= 11 is 0. The van der Waals surface area contributed by atoms with E-state index in [9.17, 15) is 0 Å². The number of methoxy groups -OCH3 is 1. The minimum absolute atomic E-state index is 0.399. The Morgan fingerprint density at radius 2 is 1.15 bits per heavy atom. The van der Waals surface area contributed by atoms with Gasteiger partial charge in [-0.15, -0.1) is 0 Å². The van der Waals surface area contributed by atoms with Crippen molar-refractivity contribution in [1.82, 2.24) is 0 Å². The van der Waals surface area contributed by atoms with Crippen LogP contribution in [0.25, 0.3) is 0 Å². The molecule has 0 N–H and O–H groups in total. The molecule has 0 saturated carbocycles. The van der Waals surface area contributed by atoms with E-state index in [1.165, 1.54) is 0 Å². The lowest BCUT2D eigenvalue weighted by atomic mass is 10.1. The third-order valence-electron chi connectivity index (χ3n) is 3.49. The van der Waals surface area contributed by atoms with E-state index in [0.29, 0.717) is 23.9 Å².